The summed E-state index contributed by atoms with van der Waals surface area (Å²) in [4.78, 5) is 54.4. The lowest BCUT2D eigenvalue weighted by Crippen LogP contribution is -2.49. The van der Waals surface area contributed by atoms with Gasteiger partial charge in [0.25, 0.3) is 5.91 Å². The first-order valence-electron chi connectivity index (χ1n) is 16.7. The van der Waals surface area contributed by atoms with Crippen molar-refractivity contribution >= 4 is 40.5 Å². The Hall–Kier alpha value is -4.90. The largest absolute Gasteiger partial charge is 0.344 e. The van der Waals surface area contributed by atoms with Crippen LogP contribution in [0, 0.1) is 6.92 Å². The van der Waals surface area contributed by atoms with Gasteiger partial charge in [0.2, 0.25) is 11.8 Å². The molecule has 1 aromatic carbocycles. The van der Waals surface area contributed by atoms with Crippen LogP contribution in [-0.2, 0) is 41.3 Å². The van der Waals surface area contributed by atoms with Crippen LogP contribution in [0.5, 0.6) is 0 Å². The first-order valence-corrected chi connectivity index (χ1v) is 16.7. The van der Waals surface area contributed by atoms with E-state index < -0.39 is 17.4 Å². The molecule has 48 heavy (non-hydrogen) atoms. The van der Waals surface area contributed by atoms with Gasteiger partial charge >= 0.3 is 0 Å². The predicted octanol–water partition coefficient (Wildman–Crippen LogP) is 3.59. The molecule has 0 saturated carbocycles. The molecule has 0 unspecified atom stereocenters. The van der Waals surface area contributed by atoms with Crippen molar-refractivity contribution in [2.75, 3.05) is 39.0 Å². The third-order valence-corrected chi connectivity index (χ3v) is 10.2. The Morgan fingerprint density at radius 2 is 1.73 bits per heavy atom. The molecule has 2 atom stereocenters. The quantitative estimate of drug-likeness (QED) is 0.341. The number of carbonyl (C=O) groups excluding carboxylic acids is 3. The molecular formula is C37H42N8O3. The summed E-state index contributed by atoms with van der Waals surface area (Å²) in [6.45, 7) is 4.37. The van der Waals surface area contributed by atoms with E-state index in [0.29, 0.717) is 31.6 Å². The van der Waals surface area contributed by atoms with Gasteiger partial charge in [0.1, 0.15) is 17.6 Å². The number of anilines is 1. The highest BCUT2D eigenvalue weighted by molar-refractivity contribution is 6.06. The van der Waals surface area contributed by atoms with E-state index in [0.717, 1.165) is 76.6 Å². The van der Waals surface area contributed by atoms with Gasteiger partial charge in [-0.2, -0.15) is 5.10 Å². The molecule has 3 amide bonds. The van der Waals surface area contributed by atoms with Crippen LogP contribution >= 0.6 is 0 Å². The second-order valence-corrected chi connectivity index (χ2v) is 13.7. The van der Waals surface area contributed by atoms with E-state index >= 15 is 0 Å². The van der Waals surface area contributed by atoms with Crippen LogP contribution in [0.2, 0.25) is 0 Å². The van der Waals surface area contributed by atoms with Gasteiger partial charge in [-0.25, -0.2) is 4.98 Å². The lowest BCUT2D eigenvalue weighted by molar-refractivity contribution is -0.132. The van der Waals surface area contributed by atoms with Crippen LogP contribution in [0.1, 0.15) is 63.1 Å². The Labute approximate surface area is 280 Å². The van der Waals surface area contributed by atoms with Crippen molar-refractivity contribution in [1.82, 2.24) is 34.9 Å². The molecule has 11 nitrogen and oxygen atoms in total. The lowest BCUT2D eigenvalue weighted by Gasteiger charge is -2.25. The third kappa shape index (κ3) is 5.87. The number of aromatic nitrogens is 4. The zero-order chi connectivity index (χ0) is 33.6. The SMILES string of the molecule is Cc1cc(C[C@H]2NC(=O)c3cc4c(cn3)C[C@@]3(C4)C(=O)Nc4ncc(cc43)/C=C\CN(C)CCCCCN(C)C2=O)cc2cnn(C)c12. The minimum Gasteiger partial charge on any atom is -0.344 e. The second kappa shape index (κ2) is 12.6. The number of aryl methyl sites for hydroxylation is 2. The van der Waals surface area contributed by atoms with Crippen LogP contribution in [0.25, 0.3) is 17.0 Å². The Balaban J connectivity index is 1.21. The average molecular weight is 647 g/mol. The number of likely N-dealkylation sites (N-methyl/N-ethyl adjacent to an activating group) is 2. The van der Waals surface area contributed by atoms with Crippen LogP contribution < -0.4 is 10.6 Å². The molecule has 5 bridgehead atoms. The molecule has 4 aromatic rings. The molecular weight excluding hydrogens is 604 g/mol. The fourth-order valence-corrected chi connectivity index (χ4v) is 7.58. The topological polar surface area (TPSA) is 125 Å². The van der Waals surface area contributed by atoms with Crippen molar-refractivity contribution in [3.8, 4) is 0 Å². The predicted molar refractivity (Wildman–Crippen MR) is 185 cm³/mol. The molecule has 1 aliphatic carbocycles. The maximum absolute atomic E-state index is 13.9. The van der Waals surface area contributed by atoms with Crippen molar-refractivity contribution in [3.63, 3.8) is 0 Å². The standard InChI is InChI=1S/C37H42N8O3/c1-23-13-25(14-27-22-40-45(4)32(23)27)16-31-35(47)44(3)12-7-5-6-10-43(2)11-8-9-24-15-29-33(39-20-24)42-36(48)37(29)18-26-17-30(34(46)41-31)38-21-28(26)19-37/h8-9,13-15,17,20-22,31H,5-7,10-12,16,18-19H2,1-4H3,(H,41,46)(H,39,42,48)/b9-8-/t31-,37-/m1/s1. The molecule has 3 aromatic heterocycles. The summed E-state index contributed by atoms with van der Waals surface area (Å²) in [7, 11) is 5.83. The van der Waals surface area contributed by atoms with Crippen molar-refractivity contribution in [3.05, 3.63) is 88.0 Å². The maximum Gasteiger partial charge on any atom is 0.270 e. The van der Waals surface area contributed by atoms with Gasteiger partial charge in [-0.1, -0.05) is 24.6 Å². The normalized spacial score (nSPS) is 22.8. The highest BCUT2D eigenvalue weighted by atomic mass is 16.2. The fraction of sp³-hybridized carbons (Fsp3) is 0.405. The summed E-state index contributed by atoms with van der Waals surface area (Å²) in [5, 5.41) is 11.4. The summed E-state index contributed by atoms with van der Waals surface area (Å²) in [6.07, 6.45) is 13.6. The first-order chi connectivity index (χ1) is 23.1. The molecule has 248 valence electrons. The van der Waals surface area contributed by atoms with Crippen molar-refractivity contribution in [1.29, 1.82) is 0 Å². The smallest absolute Gasteiger partial charge is 0.270 e. The number of pyridine rings is 2. The molecule has 5 heterocycles. The summed E-state index contributed by atoms with van der Waals surface area (Å²) < 4.78 is 1.85. The highest BCUT2D eigenvalue weighted by Crippen LogP contribution is 2.47. The van der Waals surface area contributed by atoms with E-state index in [2.05, 4.69) is 61.9 Å². The Bertz CT molecular complexity index is 1970. The van der Waals surface area contributed by atoms with Crippen molar-refractivity contribution in [2.24, 2.45) is 7.05 Å². The Morgan fingerprint density at radius 3 is 2.58 bits per heavy atom. The van der Waals surface area contributed by atoms with Crippen LogP contribution in [-0.4, -0.2) is 87.0 Å². The van der Waals surface area contributed by atoms with E-state index in [4.69, 9.17) is 0 Å². The number of hydrogen-bond donors (Lipinski definition) is 2. The maximum atomic E-state index is 13.9. The van der Waals surface area contributed by atoms with E-state index in [1.165, 1.54) is 0 Å². The van der Waals surface area contributed by atoms with E-state index in [1.54, 1.807) is 23.4 Å². The number of nitrogens with zero attached hydrogens (tertiary/aromatic N) is 6. The lowest BCUT2D eigenvalue weighted by atomic mass is 9.79. The van der Waals surface area contributed by atoms with Crippen LogP contribution in [0.15, 0.2) is 48.9 Å². The summed E-state index contributed by atoms with van der Waals surface area (Å²) in [6, 6.07) is 7.16. The molecule has 2 N–H and O–H groups in total. The minimum absolute atomic E-state index is 0.0860. The van der Waals surface area contributed by atoms with E-state index in [-0.39, 0.29) is 17.5 Å². The zero-order valence-corrected chi connectivity index (χ0v) is 28.0. The van der Waals surface area contributed by atoms with Crippen molar-refractivity contribution in [2.45, 2.75) is 56.9 Å². The fourth-order valence-electron chi connectivity index (χ4n) is 7.58. The molecule has 0 fully saturated rings. The number of hydrogen-bond acceptors (Lipinski definition) is 7. The highest BCUT2D eigenvalue weighted by Gasteiger charge is 2.51. The Kier molecular flexibility index (Phi) is 8.32. The Morgan fingerprint density at radius 1 is 0.917 bits per heavy atom. The average Bonchev–Trinajstić information content (AvgIpc) is 3.72. The van der Waals surface area contributed by atoms with Gasteiger partial charge in [0.05, 0.1) is 17.1 Å². The van der Waals surface area contributed by atoms with Gasteiger partial charge in [0, 0.05) is 56.9 Å². The number of carbonyl (C=O) groups is 3. The van der Waals surface area contributed by atoms with Crippen LogP contribution in [0.3, 0.4) is 0 Å². The number of rotatable bonds is 2. The van der Waals surface area contributed by atoms with Gasteiger partial charge in [-0.15, -0.1) is 0 Å². The van der Waals surface area contributed by atoms with Gasteiger partial charge < -0.3 is 20.4 Å². The zero-order valence-electron chi connectivity index (χ0n) is 28.0. The number of nitrogens with one attached hydrogen (secondary N) is 2. The number of amides is 3. The molecule has 7 rings (SSSR count). The van der Waals surface area contributed by atoms with Gasteiger partial charge in [0.15, 0.2) is 0 Å². The van der Waals surface area contributed by atoms with E-state index in [1.807, 2.05) is 38.0 Å². The first kappa shape index (κ1) is 31.7. The van der Waals surface area contributed by atoms with Gasteiger partial charge in [-0.3, -0.25) is 24.0 Å². The molecule has 1 spiro atoms. The second-order valence-electron chi connectivity index (χ2n) is 13.7. The van der Waals surface area contributed by atoms with E-state index in [9.17, 15) is 14.4 Å². The molecule has 3 aliphatic rings. The molecule has 0 radical (unpaired) electrons. The van der Waals surface area contributed by atoms with Crippen molar-refractivity contribution < 1.29 is 14.4 Å². The molecule has 2 aliphatic heterocycles. The minimum atomic E-state index is -0.802. The third-order valence-electron chi connectivity index (χ3n) is 10.2. The number of benzene rings is 1. The summed E-state index contributed by atoms with van der Waals surface area (Å²) >= 11 is 0. The summed E-state index contributed by atoms with van der Waals surface area (Å²) in [5.74, 6) is -0.0516. The summed E-state index contributed by atoms with van der Waals surface area (Å²) in [5.41, 5.74) is 6.13. The molecule has 0 saturated heterocycles. The number of fused-ring (bicyclic) bond motifs is 3. The van der Waals surface area contributed by atoms with Gasteiger partial charge in [-0.05, 0) is 92.2 Å². The monoisotopic (exact) mass is 646 g/mol. The molecule has 11 heteroatoms. The van der Waals surface area contributed by atoms with Crippen LogP contribution in [0.4, 0.5) is 5.82 Å².